The van der Waals surface area contributed by atoms with Crippen LogP contribution < -0.4 is 0 Å². The molecular formula is C17H18O. The second-order valence-electron chi connectivity index (χ2n) is 4.39. The molecule has 1 aliphatic carbocycles. The molecule has 92 valence electrons. The van der Waals surface area contributed by atoms with Crippen molar-refractivity contribution in [2.75, 3.05) is 7.11 Å². The maximum atomic E-state index is 5.53. The lowest BCUT2D eigenvalue weighted by atomic mass is 9.95. The van der Waals surface area contributed by atoms with E-state index in [1.807, 2.05) is 18.2 Å². The molecule has 1 aromatic rings. The Hall–Kier alpha value is -1.78. The molecule has 0 N–H and O–H groups in total. The number of rotatable bonds is 2. The fourth-order valence-corrected chi connectivity index (χ4v) is 1.90. The Morgan fingerprint density at radius 3 is 2.56 bits per heavy atom. The van der Waals surface area contributed by atoms with Gasteiger partial charge in [-0.15, -0.1) is 0 Å². The first-order valence-corrected chi connectivity index (χ1v) is 6.29. The molecule has 1 atom stereocenters. The van der Waals surface area contributed by atoms with Crippen LogP contribution in [0.5, 0.6) is 0 Å². The smallest absolute Gasteiger partial charge is 0.150 e. The van der Waals surface area contributed by atoms with E-state index in [-0.39, 0.29) is 0 Å². The quantitative estimate of drug-likeness (QED) is 0.716. The summed E-state index contributed by atoms with van der Waals surface area (Å²) in [7, 11) is 1.71. The number of hydrogen-bond acceptors (Lipinski definition) is 1. The number of ether oxygens (including phenoxy) is 1. The van der Waals surface area contributed by atoms with Crippen molar-refractivity contribution in [3.8, 4) is 11.8 Å². The number of aryl methyl sites for hydroxylation is 1. The number of methoxy groups -OCH3 is 1. The van der Waals surface area contributed by atoms with E-state index in [1.165, 1.54) is 5.56 Å². The molecule has 18 heavy (non-hydrogen) atoms. The van der Waals surface area contributed by atoms with Gasteiger partial charge in [0.1, 0.15) is 0 Å². The summed E-state index contributed by atoms with van der Waals surface area (Å²) in [4.78, 5) is 0. The zero-order valence-electron chi connectivity index (χ0n) is 10.9. The van der Waals surface area contributed by atoms with Crippen LogP contribution in [-0.2, 0) is 11.2 Å². The third-order valence-electron chi connectivity index (χ3n) is 3.18. The van der Waals surface area contributed by atoms with Crippen molar-refractivity contribution >= 4 is 0 Å². The highest BCUT2D eigenvalue weighted by Gasteiger charge is 2.23. The van der Waals surface area contributed by atoms with Gasteiger partial charge in [-0.05, 0) is 30.2 Å². The van der Waals surface area contributed by atoms with Crippen LogP contribution in [0.1, 0.15) is 24.5 Å². The molecule has 0 aliphatic heterocycles. The molecule has 1 aromatic carbocycles. The summed E-state index contributed by atoms with van der Waals surface area (Å²) in [6, 6.07) is 8.38. The van der Waals surface area contributed by atoms with Crippen molar-refractivity contribution in [3.63, 3.8) is 0 Å². The fraction of sp³-hybridized carbons (Fsp3) is 0.294. The summed E-state index contributed by atoms with van der Waals surface area (Å²) in [6.45, 7) is 2.15. The van der Waals surface area contributed by atoms with Crippen molar-refractivity contribution in [2.24, 2.45) is 0 Å². The molecular weight excluding hydrogens is 220 g/mol. The van der Waals surface area contributed by atoms with Crippen molar-refractivity contribution in [2.45, 2.75) is 25.4 Å². The summed E-state index contributed by atoms with van der Waals surface area (Å²) in [6.07, 6.45) is 9.97. The Morgan fingerprint density at radius 1 is 1.22 bits per heavy atom. The van der Waals surface area contributed by atoms with E-state index >= 15 is 0 Å². The SMILES string of the molecule is CCc1ccc(C#CC2(OC)C=CC=CC2)cc1. The Bertz CT molecular complexity index is 511. The molecule has 1 heteroatoms. The molecule has 1 unspecified atom stereocenters. The summed E-state index contributed by atoms with van der Waals surface area (Å²) >= 11 is 0. The molecule has 1 nitrogen and oxygen atoms in total. The van der Waals surface area contributed by atoms with Crippen LogP contribution in [0.4, 0.5) is 0 Å². The lowest BCUT2D eigenvalue weighted by Gasteiger charge is -2.23. The predicted molar refractivity (Wildman–Crippen MR) is 75.3 cm³/mol. The van der Waals surface area contributed by atoms with E-state index in [4.69, 9.17) is 4.74 Å². The second-order valence-corrected chi connectivity index (χ2v) is 4.39. The summed E-state index contributed by atoms with van der Waals surface area (Å²) in [5.74, 6) is 6.43. The lowest BCUT2D eigenvalue weighted by molar-refractivity contribution is 0.0843. The summed E-state index contributed by atoms with van der Waals surface area (Å²) in [5.41, 5.74) is 1.91. The monoisotopic (exact) mass is 238 g/mol. The van der Waals surface area contributed by atoms with Gasteiger partial charge in [0.05, 0.1) is 0 Å². The predicted octanol–water partition coefficient (Wildman–Crippen LogP) is 3.50. The van der Waals surface area contributed by atoms with E-state index in [1.54, 1.807) is 7.11 Å². The molecule has 0 fully saturated rings. The Balaban J connectivity index is 2.19. The maximum Gasteiger partial charge on any atom is 0.150 e. The van der Waals surface area contributed by atoms with Gasteiger partial charge in [0.25, 0.3) is 0 Å². The molecule has 0 radical (unpaired) electrons. The van der Waals surface area contributed by atoms with E-state index in [9.17, 15) is 0 Å². The van der Waals surface area contributed by atoms with Crippen LogP contribution in [-0.4, -0.2) is 12.7 Å². The standard InChI is InChI=1S/C17H18O/c1-3-15-7-9-16(10-8-15)11-14-17(18-2)12-5-4-6-13-17/h4-10,12H,3,13H2,1-2H3. The first-order valence-electron chi connectivity index (χ1n) is 6.29. The maximum absolute atomic E-state index is 5.53. The van der Waals surface area contributed by atoms with Gasteiger partial charge in [-0.25, -0.2) is 0 Å². The van der Waals surface area contributed by atoms with Crippen LogP contribution in [0, 0.1) is 11.8 Å². The van der Waals surface area contributed by atoms with Crippen LogP contribution in [0.25, 0.3) is 0 Å². The van der Waals surface area contributed by atoms with Crippen LogP contribution >= 0.6 is 0 Å². The minimum Gasteiger partial charge on any atom is -0.362 e. The minimum atomic E-state index is -0.460. The molecule has 2 rings (SSSR count). The highest BCUT2D eigenvalue weighted by molar-refractivity contribution is 5.41. The molecule has 0 bridgehead atoms. The second kappa shape index (κ2) is 5.71. The van der Waals surface area contributed by atoms with E-state index in [2.05, 4.69) is 49.1 Å². The summed E-state index contributed by atoms with van der Waals surface area (Å²) in [5, 5.41) is 0. The fourth-order valence-electron chi connectivity index (χ4n) is 1.90. The van der Waals surface area contributed by atoms with Gasteiger partial charge in [0.2, 0.25) is 0 Å². The third-order valence-corrected chi connectivity index (χ3v) is 3.18. The highest BCUT2D eigenvalue weighted by atomic mass is 16.5. The Morgan fingerprint density at radius 2 is 2.00 bits per heavy atom. The molecule has 0 saturated heterocycles. The van der Waals surface area contributed by atoms with Crippen molar-refractivity contribution in [1.29, 1.82) is 0 Å². The molecule has 0 aromatic heterocycles. The highest BCUT2D eigenvalue weighted by Crippen LogP contribution is 2.20. The Labute approximate surface area is 109 Å². The molecule has 0 saturated carbocycles. The van der Waals surface area contributed by atoms with E-state index in [0.29, 0.717) is 0 Å². The molecule has 0 heterocycles. The topological polar surface area (TPSA) is 9.23 Å². The van der Waals surface area contributed by atoms with E-state index in [0.717, 1.165) is 18.4 Å². The van der Waals surface area contributed by atoms with E-state index < -0.39 is 5.60 Å². The van der Waals surface area contributed by atoms with Gasteiger partial charge in [-0.2, -0.15) is 0 Å². The van der Waals surface area contributed by atoms with Crippen molar-refractivity contribution in [1.82, 2.24) is 0 Å². The number of hydrogen-bond donors (Lipinski definition) is 0. The minimum absolute atomic E-state index is 0.460. The average Bonchev–Trinajstić information content (AvgIpc) is 2.47. The average molecular weight is 238 g/mol. The van der Waals surface area contributed by atoms with Gasteiger partial charge in [-0.1, -0.05) is 49.1 Å². The number of benzene rings is 1. The van der Waals surface area contributed by atoms with Gasteiger partial charge in [-0.3, -0.25) is 0 Å². The van der Waals surface area contributed by atoms with Gasteiger partial charge >= 0.3 is 0 Å². The van der Waals surface area contributed by atoms with Crippen molar-refractivity contribution in [3.05, 3.63) is 59.7 Å². The van der Waals surface area contributed by atoms with Gasteiger partial charge in [0, 0.05) is 19.1 Å². The Kier molecular flexibility index (Phi) is 4.02. The first-order chi connectivity index (χ1) is 8.78. The normalized spacial score (nSPS) is 21.4. The summed E-state index contributed by atoms with van der Waals surface area (Å²) < 4.78 is 5.53. The largest absolute Gasteiger partial charge is 0.362 e. The zero-order valence-corrected chi connectivity index (χ0v) is 10.9. The number of allylic oxidation sites excluding steroid dienone is 2. The van der Waals surface area contributed by atoms with Gasteiger partial charge in [0.15, 0.2) is 5.60 Å². The molecule has 0 amide bonds. The van der Waals surface area contributed by atoms with Crippen molar-refractivity contribution < 1.29 is 4.74 Å². The van der Waals surface area contributed by atoms with Crippen LogP contribution in [0.15, 0.2) is 48.6 Å². The van der Waals surface area contributed by atoms with Crippen LogP contribution in [0.3, 0.4) is 0 Å². The third kappa shape index (κ3) is 2.91. The van der Waals surface area contributed by atoms with Gasteiger partial charge < -0.3 is 4.74 Å². The zero-order chi connectivity index (χ0) is 12.8. The lowest BCUT2D eigenvalue weighted by Crippen LogP contribution is -2.27. The molecule has 1 aliphatic rings. The molecule has 0 spiro atoms. The first kappa shape index (κ1) is 12.7. The van der Waals surface area contributed by atoms with Crippen LogP contribution in [0.2, 0.25) is 0 Å².